The minimum atomic E-state index is -4.46. The molecule has 4 nitrogen and oxygen atoms in total. The van der Waals surface area contributed by atoms with E-state index in [1.807, 2.05) is 11.0 Å². The monoisotopic (exact) mass is 521 g/mol. The topological polar surface area (TPSA) is 52.9 Å². The van der Waals surface area contributed by atoms with Crippen LogP contribution in [0.4, 0.5) is 22.0 Å². The zero-order chi connectivity index (χ0) is 26.8. The van der Waals surface area contributed by atoms with Crippen molar-refractivity contribution in [1.29, 1.82) is 0 Å². The molecule has 2 atom stereocenters. The van der Waals surface area contributed by atoms with Crippen LogP contribution in [-0.2, 0) is 18.4 Å². The van der Waals surface area contributed by atoms with Gasteiger partial charge in [0.15, 0.2) is 17.4 Å². The first kappa shape index (κ1) is 27.0. The highest BCUT2D eigenvalue weighted by atomic mass is 19.4. The standard InChI is InChI=1S/C28H28F5NO3/c1-18(34-13-11-27(36,12-14-34)21-7-9-22(10-8-21)28(31,32)33)25(35)20-15-23(29)26(24(30)16-20)37-17-19-5-3-2-4-6-19/h2-10,15-16,18,25,35-36H,11-14,17H2,1H3. The quantitative estimate of drug-likeness (QED) is 0.377. The number of hydrogen-bond donors (Lipinski definition) is 2. The Hall–Kier alpha value is -3.01. The third-order valence-corrected chi connectivity index (χ3v) is 7.00. The number of ether oxygens (including phenoxy) is 1. The van der Waals surface area contributed by atoms with Gasteiger partial charge in [-0.15, -0.1) is 0 Å². The lowest BCUT2D eigenvalue weighted by atomic mass is 9.83. The molecule has 4 rings (SSSR count). The Kier molecular flexibility index (Phi) is 7.87. The summed E-state index contributed by atoms with van der Waals surface area (Å²) in [5, 5.41) is 21.9. The Morgan fingerprint density at radius 2 is 1.51 bits per heavy atom. The lowest BCUT2D eigenvalue weighted by Gasteiger charge is -2.42. The molecule has 198 valence electrons. The summed E-state index contributed by atoms with van der Waals surface area (Å²) in [5.41, 5.74) is -0.895. The third kappa shape index (κ3) is 6.11. The van der Waals surface area contributed by atoms with E-state index in [1.54, 1.807) is 31.2 Å². The Morgan fingerprint density at radius 1 is 0.946 bits per heavy atom. The molecule has 1 saturated heterocycles. The number of nitrogens with zero attached hydrogens (tertiary/aromatic N) is 1. The van der Waals surface area contributed by atoms with E-state index in [4.69, 9.17) is 4.74 Å². The second kappa shape index (κ2) is 10.8. The van der Waals surface area contributed by atoms with Gasteiger partial charge in [0.1, 0.15) is 6.61 Å². The number of halogens is 5. The zero-order valence-electron chi connectivity index (χ0n) is 20.2. The van der Waals surface area contributed by atoms with Crippen LogP contribution in [-0.4, -0.2) is 34.2 Å². The molecule has 0 spiro atoms. The predicted octanol–water partition coefficient (Wildman–Crippen LogP) is 5.97. The van der Waals surface area contributed by atoms with Crippen LogP contribution in [0.3, 0.4) is 0 Å². The first-order valence-electron chi connectivity index (χ1n) is 12.0. The molecule has 3 aromatic rings. The molecule has 1 fully saturated rings. The van der Waals surface area contributed by atoms with Crippen LogP contribution in [0, 0.1) is 11.6 Å². The Balaban J connectivity index is 1.39. The van der Waals surface area contributed by atoms with Crippen LogP contribution in [0.1, 0.15) is 48.1 Å². The second-order valence-corrected chi connectivity index (χ2v) is 9.42. The van der Waals surface area contributed by atoms with E-state index in [2.05, 4.69) is 0 Å². The van der Waals surface area contributed by atoms with Gasteiger partial charge in [-0.1, -0.05) is 42.5 Å². The number of alkyl halides is 3. The largest absolute Gasteiger partial charge is 0.483 e. The molecule has 9 heteroatoms. The smallest absolute Gasteiger partial charge is 0.416 e. The van der Waals surface area contributed by atoms with Gasteiger partial charge in [0.25, 0.3) is 0 Å². The van der Waals surface area contributed by atoms with Crippen LogP contribution in [0.2, 0.25) is 0 Å². The number of aliphatic hydroxyl groups is 2. The summed E-state index contributed by atoms with van der Waals surface area (Å²) in [5.74, 6) is -2.37. The van der Waals surface area contributed by atoms with Crippen molar-refractivity contribution in [3.63, 3.8) is 0 Å². The van der Waals surface area contributed by atoms with Crippen molar-refractivity contribution in [1.82, 2.24) is 4.90 Å². The van der Waals surface area contributed by atoms with Gasteiger partial charge in [-0.05, 0) is 60.7 Å². The van der Waals surface area contributed by atoms with Gasteiger partial charge in [-0.25, -0.2) is 8.78 Å². The van der Waals surface area contributed by atoms with Gasteiger partial charge in [-0.3, -0.25) is 4.90 Å². The molecule has 0 aromatic heterocycles. The normalized spacial score (nSPS) is 17.8. The molecular weight excluding hydrogens is 493 g/mol. The summed E-state index contributed by atoms with van der Waals surface area (Å²) < 4.78 is 73.2. The Bertz CT molecular complexity index is 1170. The molecule has 0 aliphatic carbocycles. The molecule has 0 bridgehead atoms. The van der Waals surface area contributed by atoms with Gasteiger partial charge in [0, 0.05) is 19.1 Å². The molecule has 37 heavy (non-hydrogen) atoms. The van der Waals surface area contributed by atoms with Gasteiger partial charge < -0.3 is 14.9 Å². The summed E-state index contributed by atoms with van der Waals surface area (Å²) >= 11 is 0. The molecule has 0 radical (unpaired) electrons. The van der Waals surface area contributed by atoms with Crippen molar-refractivity contribution >= 4 is 0 Å². The lowest BCUT2D eigenvalue weighted by molar-refractivity contribution is -0.137. The number of hydrogen-bond acceptors (Lipinski definition) is 4. The first-order chi connectivity index (χ1) is 17.5. The van der Waals surface area contributed by atoms with E-state index in [9.17, 15) is 32.2 Å². The molecule has 1 heterocycles. The molecule has 0 amide bonds. The first-order valence-corrected chi connectivity index (χ1v) is 12.0. The van der Waals surface area contributed by atoms with Crippen molar-refractivity contribution in [3.05, 3.63) is 101 Å². The predicted molar refractivity (Wildman–Crippen MR) is 128 cm³/mol. The fourth-order valence-corrected chi connectivity index (χ4v) is 4.66. The molecule has 0 saturated carbocycles. The zero-order valence-corrected chi connectivity index (χ0v) is 20.2. The fourth-order valence-electron chi connectivity index (χ4n) is 4.66. The summed E-state index contributed by atoms with van der Waals surface area (Å²) in [4.78, 5) is 1.87. The minimum absolute atomic E-state index is 0.0113. The number of aliphatic hydroxyl groups excluding tert-OH is 1. The highest BCUT2D eigenvalue weighted by Gasteiger charge is 2.38. The van der Waals surface area contributed by atoms with E-state index < -0.39 is 46.9 Å². The Labute approximate surface area is 211 Å². The van der Waals surface area contributed by atoms with Gasteiger partial charge in [-0.2, -0.15) is 13.2 Å². The number of piperidine rings is 1. The number of benzene rings is 3. The molecule has 1 aliphatic rings. The molecular formula is C28H28F5NO3. The van der Waals surface area contributed by atoms with Crippen LogP contribution in [0.15, 0.2) is 66.7 Å². The molecule has 1 aliphatic heterocycles. The van der Waals surface area contributed by atoms with E-state index in [-0.39, 0.29) is 25.0 Å². The minimum Gasteiger partial charge on any atom is -0.483 e. The second-order valence-electron chi connectivity index (χ2n) is 9.42. The maximum Gasteiger partial charge on any atom is 0.416 e. The van der Waals surface area contributed by atoms with Crippen molar-refractivity contribution in [2.45, 2.75) is 50.3 Å². The lowest BCUT2D eigenvalue weighted by Crippen LogP contribution is -2.47. The maximum absolute atomic E-state index is 14.7. The van der Waals surface area contributed by atoms with Gasteiger partial charge in [0.2, 0.25) is 0 Å². The van der Waals surface area contributed by atoms with E-state index >= 15 is 0 Å². The van der Waals surface area contributed by atoms with Crippen LogP contribution >= 0.6 is 0 Å². The number of likely N-dealkylation sites (tertiary alicyclic amines) is 1. The maximum atomic E-state index is 14.7. The van der Waals surface area contributed by atoms with Crippen molar-refractivity contribution < 1.29 is 36.9 Å². The number of rotatable bonds is 7. The highest BCUT2D eigenvalue weighted by molar-refractivity contribution is 5.34. The average molecular weight is 522 g/mol. The molecule has 2 unspecified atom stereocenters. The highest BCUT2D eigenvalue weighted by Crippen LogP contribution is 2.37. The van der Waals surface area contributed by atoms with E-state index in [0.29, 0.717) is 18.7 Å². The summed E-state index contributed by atoms with van der Waals surface area (Å²) in [6, 6.07) is 15.0. The van der Waals surface area contributed by atoms with Crippen LogP contribution in [0.5, 0.6) is 5.75 Å². The summed E-state index contributed by atoms with van der Waals surface area (Å²) in [7, 11) is 0. The van der Waals surface area contributed by atoms with Crippen molar-refractivity contribution in [2.24, 2.45) is 0 Å². The SMILES string of the molecule is CC(C(O)c1cc(F)c(OCc2ccccc2)c(F)c1)N1CCC(O)(c2ccc(C(F)(F)F)cc2)CC1. The average Bonchev–Trinajstić information content (AvgIpc) is 2.88. The summed E-state index contributed by atoms with van der Waals surface area (Å²) in [6.45, 7) is 2.36. The third-order valence-electron chi connectivity index (χ3n) is 7.00. The Morgan fingerprint density at radius 3 is 2.05 bits per heavy atom. The van der Waals surface area contributed by atoms with Crippen molar-refractivity contribution in [2.75, 3.05) is 13.1 Å². The fraction of sp³-hybridized carbons (Fsp3) is 0.357. The van der Waals surface area contributed by atoms with Gasteiger partial charge in [0.05, 0.1) is 17.3 Å². The molecule has 2 N–H and O–H groups in total. The van der Waals surface area contributed by atoms with Crippen molar-refractivity contribution in [3.8, 4) is 5.75 Å². The van der Waals surface area contributed by atoms with E-state index in [0.717, 1.165) is 29.8 Å². The van der Waals surface area contributed by atoms with Crippen LogP contribution in [0.25, 0.3) is 0 Å². The van der Waals surface area contributed by atoms with E-state index in [1.165, 1.54) is 12.1 Å². The van der Waals surface area contributed by atoms with Crippen LogP contribution < -0.4 is 4.74 Å². The van der Waals surface area contributed by atoms with Gasteiger partial charge >= 0.3 is 6.18 Å². The molecule has 3 aromatic carbocycles. The summed E-state index contributed by atoms with van der Waals surface area (Å²) in [6.07, 6.45) is -5.22.